The molecule has 8 atom stereocenters. The second-order valence-corrected chi connectivity index (χ2v) is 15.3. The molecule has 0 amide bonds. The van der Waals surface area contributed by atoms with Crippen LogP contribution < -0.4 is 43.6 Å². The molecule has 4 N–H and O–H groups in total. The van der Waals surface area contributed by atoms with Gasteiger partial charge in [0.2, 0.25) is 25.1 Å². The molecule has 4 aromatic carbocycles. The molecule has 312 valence electrons. The fraction of sp³-hybridized carbons (Fsp3) is 0.386. The number of aromatic hydroxyl groups is 2. The highest BCUT2D eigenvalue weighted by Crippen LogP contribution is 2.58. The molecular formula is C44H42N2O14. The van der Waals surface area contributed by atoms with Crippen molar-refractivity contribution in [1.29, 1.82) is 5.26 Å². The Hall–Kier alpha value is -6.73. The van der Waals surface area contributed by atoms with Crippen molar-refractivity contribution >= 4 is 11.9 Å². The van der Waals surface area contributed by atoms with E-state index in [0.29, 0.717) is 41.7 Å². The molecule has 0 bridgehead atoms. The Morgan fingerprint density at radius 1 is 0.600 bits per heavy atom. The summed E-state index contributed by atoms with van der Waals surface area (Å²) in [5, 5.41) is 30.6. The van der Waals surface area contributed by atoms with Gasteiger partial charge in [-0.3, -0.25) is 9.59 Å². The van der Waals surface area contributed by atoms with Crippen LogP contribution in [0.3, 0.4) is 0 Å². The maximum atomic E-state index is 12.8. The van der Waals surface area contributed by atoms with Gasteiger partial charge < -0.3 is 63.3 Å². The van der Waals surface area contributed by atoms with Gasteiger partial charge in [0.15, 0.2) is 46.0 Å². The molecule has 16 heteroatoms. The molecule has 6 aliphatic rings. The summed E-state index contributed by atoms with van der Waals surface area (Å²) < 4.78 is 54.5. The average molecular weight is 823 g/mol. The highest BCUT2D eigenvalue weighted by molar-refractivity contribution is 5.80. The Morgan fingerprint density at radius 3 is 1.40 bits per heavy atom. The van der Waals surface area contributed by atoms with E-state index in [1.807, 2.05) is 24.3 Å². The smallest absolute Gasteiger partial charge is 0.310 e. The molecule has 0 unspecified atom stereocenters. The van der Waals surface area contributed by atoms with Gasteiger partial charge in [-0.15, -0.1) is 0 Å². The highest BCUT2D eigenvalue weighted by atomic mass is 16.7. The fourth-order valence-electron chi connectivity index (χ4n) is 9.89. The Morgan fingerprint density at radius 2 is 0.983 bits per heavy atom. The van der Waals surface area contributed by atoms with Crippen LogP contribution in [0.1, 0.15) is 57.1 Å². The molecule has 60 heavy (non-hydrogen) atoms. The topological polar surface area (TPSA) is 217 Å². The van der Waals surface area contributed by atoms with Crippen molar-refractivity contribution in [2.75, 3.05) is 61.8 Å². The summed E-state index contributed by atoms with van der Waals surface area (Å²) >= 11 is 0. The summed E-state index contributed by atoms with van der Waals surface area (Å²) in [4.78, 5) is 25.6. The first-order chi connectivity index (χ1) is 29.1. The van der Waals surface area contributed by atoms with E-state index in [4.69, 9.17) is 53.1 Å². The third-order valence-corrected chi connectivity index (χ3v) is 12.6. The zero-order valence-electron chi connectivity index (χ0n) is 33.1. The van der Waals surface area contributed by atoms with Crippen molar-refractivity contribution < 1.29 is 67.2 Å². The van der Waals surface area contributed by atoms with Crippen LogP contribution in [0.2, 0.25) is 0 Å². The second-order valence-electron chi connectivity index (χ2n) is 15.3. The molecule has 4 aliphatic heterocycles. The molecule has 4 aromatic rings. The van der Waals surface area contributed by atoms with Crippen LogP contribution >= 0.6 is 0 Å². The number of methoxy groups -OCH3 is 4. The number of nitriles is 1. The van der Waals surface area contributed by atoms with Crippen molar-refractivity contribution in [2.24, 2.45) is 29.4 Å². The summed E-state index contributed by atoms with van der Waals surface area (Å²) in [5.41, 5.74) is 11.2. The van der Waals surface area contributed by atoms with Gasteiger partial charge in [0.05, 0.1) is 65.5 Å². The number of rotatable bonds is 7. The molecule has 2 saturated heterocycles. The number of phenols is 2. The summed E-state index contributed by atoms with van der Waals surface area (Å²) in [7, 11) is 5.84. The standard InChI is InChI=1S/C22H23NO7.C22H19NO7/c2*1-26-17-3-10(4-18(27-2)21(17)24)19-12-6-16-15(29-9-30-16)5-11(12)13(7-23)14-8-28-22(25)20(14)19/h3-6,13-14,19-20,24H,7-9,23H2,1-2H3;3-6,13-14,19-20,24H,8-9H2,1-2H3/t2*13-,14-,19-,20+/m11/s1. The predicted molar refractivity (Wildman–Crippen MR) is 207 cm³/mol. The van der Waals surface area contributed by atoms with Crippen LogP contribution in [0, 0.1) is 35.0 Å². The fourth-order valence-corrected chi connectivity index (χ4v) is 9.89. The predicted octanol–water partition coefficient (Wildman–Crippen LogP) is 4.80. The number of carbonyl (C=O) groups is 2. The molecule has 2 aliphatic carbocycles. The van der Waals surface area contributed by atoms with Gasteiger partial charge in [0.25, 0.3) is 0 Å². The maximum Gasteiger partial charge on any atom is 0.310 e. The number of hydrogen-bond acceptors (Lipinski definition) is 16. The number of fused-ring (bicyclic) bond motifs is 6. The SMILES string of the molecule is COc1cc([C@@H]2c3cc4c(cc3[C@@H](C#N)[C@H]3COC(=O)[C@H]23)OCO4)cc(OC)c1O.COc1cc([C@@H]2c3cc4c(cc3[C@@H](CN)[C@H]3COC(=O)[C@H]23)OCO4)cc(OC)c1O. The van der Waals surface area contributed by atoms with Crippen molar-refractivity contribution in [3.63, 3.8) is 0 Å². The molecule has 16 nitrogen and oxygen atoms in total. The zero-order chi connectivity index (χ0) is 42.0. The third-order valence-electron chi connectivity index (χ3n) is 12.6. The zero-order valence-corrected chi connectivity index (χ0v) is 33.1. The number of nitrogens with two attached hydrogens (primary N) is 1. The van der Waals surface area contributed by atoms with Gasteiger partial charge in [0.1, 0.15) is 0 Å². The van der Waals surface area contributed by atoms with Crippen molar-refractivity contribution in [3.05, 3.63) is 81.9 Å². The molecule has 0 saturated carbocycles. The van der Waals surface area contributed by atoms with Gasteiger partial charge in [-0.2, -0.15) is 5.26 Å². The molecule has 4 heterocycles. The van der Waals surface area contributed by atoms with Crippen LogP contribution in [-0.4, -0.2) is 83.9 Å². The number of cyclic esters (lactones) is 2. The molecule has 0 radical (unpaired) electrons. The second kappa shape index (κ2) is 15.1. The van der Waals surface area contributed by atoms with Gasteiger partial charge in [-0.1, -0.05) is 0 Å². The number of nitrogens with zero attached hydrogens (tertiary/aromatic N) is 1. The van der Waals surface area contributed by atoms with Gasteiger partial charge in [-0.05, 0) is 88.5 Å². The van der Waals surface area contributed by atoms with E-state index in [0.717, 1.165) is 27.8 Å². The lowest BCUT2D eigenvalue weighted by Gasteiger charge is -2.38. The van der Waals surface area contributed by atoms with E-state index in [2.05, 4.69) is 6.07 Å². The summed E-state index contributed by atoms with van der Waals surface area (Å²) in [6.45, 7) is 1.15. The maximum absolute atomic E-state index is 12.8. The number of carbonyl (C=O) groups excluding carboxylic acids is 2. The van der Waals surface area contributed by atoms with Crippen LogP contribution in [0.4, 0.5) is 0 Å². The minimum absolute atomic E-state index is 0.0388. The lowest BCUT2D eigenvalue weighted by molar-refractivity contribution is -0.142. The van der Waals surface area contributed by atoms with E-state index in [1.54, 1.807) is 24.3 Å². The van der Waals surface area contributed by atoms with Crippen LogP contribution in [0.25, 0.3) is 0 Å². The van der Waals surface area contributed by atoms with E-state index in [1.165, 1.54) is 28.4 Å². The van der Waals surface area contributed by atoms with Crippen LogP contribution in [0.15, 0.2) is 48.5 Å². The third kappa shape index (κ3) is 5.97. The molecule has 10 rings (SSSR count). The Labute approximate surface area is 344 Å². The Bertz CT molecular complexity index is 2400. The molecule has 2 fully saturated rings. The van der Waals surface area contributed by atoms with E-state index >= 15 is 0 Å². The minimum Gasteiger partial charge on any atom is -0.502 e. The first-order valence-corrected chi connectivity index (χ1v) is 19.3. The largest absolute Gasteiger partial charge is 0.502 e. The lowest BCUT2D eigenvalue weighted by Crippen LogP contribution is -2.37. The molecular weight excluding hydrogens is 780 g/mol. The monoisotopic (exact) mass is 822 g/mol. The van der Waals surface area contributed by atoms with E-state index in [9.17, 15) is 25.1 Å². The van der Waals surface area contributed by atoms with Crippen LogP contribution in [0.5, 0.6) is 57.5 Å². The highest BCUT2D eigenvalue weighted by Gasteiger charge is 2.54. The van der Waals surface area contributed by atoms with Crippen molar-refractivity contribution in [1.82, 2.24) is 0 Å². The van der Waals surface area contributed by atoms with Crippen molar-refractivity contribution in [2.45, 2.75) is 23.7 Å². The van der Waals surface area contributed by atoms with E-state index in [-0.39, 0.29) is 90.3 Å². The summed E-state index contributed by atoms with van der Waals surface area (Å²) in [6.07, 6.45) is 0. The summed E-state index contributed by atoms with van der Waals surface area (Å²) in [5.74, 6) is 0.0282. The Kier molecular flexibility index (Phi) is 9.78. The number of benzene rings is 4. The number of phenolic OH excluding ortho intramolecular Hbond substituents is 2. The normalized spacial score (nSPS) is 25.9. The summed E-state index contributed by atoms with van der Waals surface area (Å²) in [6, 6.07) is 16.8. The van der Waals surface area contributed by atoms with Gasteiger partial charge in [0, 0.05) is 29.6 Å². The number of hydrogen-bond donors (Lipinski definition) is 3. The van der Waals surface area contributed by atoms with Gasteiger partial charge in [-0.25, -0.2) is 0 Å². The first-order valence-electron chi connectivity index (χ1n) is 19.3. The quantitative estimate of drug-likeness (QED) is 0.214. The molecule has 0 spiro atoms. The van der Waals surface area contributed by atoms with Crippen LogP contribution in [-0.2, 0) is 19.1 Å². The first kappa shape index (κ1) is 38.8. The van der Waals surface area contributed by atoms with E-state index < -0.39 is 23.7 Å². The van der Waals surface area contributed by atoms with Gasteiger partial charge >= 0.3 is 11.9 Å². The average Bonchev–Trinajstić information content (AvgIpc) is 4.09. The molecule has 0 aromatic heterocycles. The minimum atomic E-state index is -0.554. The number of ether oxygens (including phenoxy) is 10. The lowest BCUT2D eigenvalue weighted by atomic mass is 9.63. The Balaban J connectivity index is 0.000000154. The van der Waals surface area contributed by atoms with Crippen molar-refractivity contribution in [3.8, 4) is 63.6 Å². The number of esters is 2.